The second-order valence-corrected chi connectivity index (χ2v) is 5.33. The number of likely N-dealkylation sites (N-methyl/N-ethyl adjacent to an activating group) is 2. The molecule has 1 saturated carbocycles. The van der Waals surface area contributed by atoms with Crippen LogP contribution in [-0.4, -0.2) is 27.2 Å². The zero-order chi connectivity index (χ0) is 11.2. The molecule has 1 N–H and O–H groups in total. The smallest absolute Gasteiger partial charge is 0.0397 e. The summed E-state index contributed by atoms with van der Waals surface area (Å²) in [4.78, 5) is 2.36. The summed E-state index contributed by atoms with van der Waals surface area (Å²) in [5.41, 5.74) is 4.99. The van der Waals surface area contributed by atoms with E-state index in [9.17, 15) is 0 Å². The van der Waals surface area contributed by atoms with Crippen LogP contribution in [0.5, 0.6) is 0 Å². The van der Waals surface area contributed by atoms with Crippen LogP contribution >= 0.6 is 0 Å². The largest absolute Gasteiger partial charge is 0.374 e. The average molecular weight is 216 g/mol. The Labute approximate surface area is 97.6 Å². The normalized spacial score (nSPS) is 21.0. The van der Waals surface area contributed by atoms with Gasteiger partial charge in [-0.3, -0.25) is 0 Å². The molecule has 2 nitrogen and oxygen atoms in total. The predicted octanol–water partition coefficient (Wildman–Crippen LogP) is 1.93. The van der Waals surface area contributed by atoms with Gasteiger partial charge in [0, 0.05) is 31.2 Å². The van der Waals surface area contributed by atoms with Gasteiger partial charge in [0.15, 0.2) is 0 Å². The molecule has 2 heteroatoms. The van der Waals surface area contributed by atoms with Crippen molar-refractivity contribution in [3.8, 4) is 0 Å². The van der Waals surface area contributed by atoms with Crippen LogP contribution in [0.3, 0.4) is 0 Å². The minimum atomic E-state index is 0.463. The average Bonchev–Trinajstić information content (AvgIpc) is 2.99. The zero-order valence-electron chi connectivity index (χ0n) is 10.2. The molecule has 2 aliphatic rings. The van der Waals surface area contributed by atoms with Gasteiger partial charge in [-0.05, 0) is 43.5 Å². The van der Waals surface area contributed by atoms with E-state index in [1.807, 2.05) is 0 Å². The highest BCUT2D eigenvalue weighted by Crippen LogP contribution is 2.48. The van der Waals surface area contributed by atoms with Gasteiger partial charge in [0.25, 0.3) is 0 Å². The second kappa shape index (κ2) is 3.49. The summed E-state index contributed by atoms with van der Waals surface area (Å²) in [6, 6.07) is 7.10. The van der Waals surface area contributed by atoms with E-state index in [2.05, 4.69) is 42.5 Å². The number of nitrogens with zero attached hydrogens (tertiary/aromatic N) is 1. The number of nitrogens with one attached hydrogen (secondary N) is 1. The molecule has 1 heterocycles. The lowest BCUT2D eigenvalue weighted by Gasteiger charge is -2.17. The SMILES string of the molecule is CNCC1(c2ccc3c(c2)CCN3C)CC1. The highest BCUT2D eigenvalue weighted by molar-refractivity contribution is 5.59. The fraction of sp³-hybridized carbons (Fsp3) is 0.571. The molecule has 0 spiro atoms. The molecule has 0 atom stereocenters. The first kappa shape index (κ1) is 10.2. The van der Waals surface area contributed by atoms with Crippen LogP contribution in [0, 0.1) is 0 Å². The molecule has 0 amide bonds. The highest BCUT2D eigenvalue weighted by Gasteiger charge is 2.43. The van der Waals surface area contributed by atoms with Crippen molar-refractivity contribution in [1.29, 1.82) is 0 Å². The molecule has 1 fully saturated rings. The molecule has 0 bridgehead atoms. The maximum Gasteiger partial charge on any atom is 0.0397 e. The van der Waals surface area contributed by atoms with Crippen molar-refractivity contribution in [2.45, 2.75) is 24.7 Å². The number of fused-ring (bicyclic) bond motifs is 1. The molecule has 0 unspecified atom stereocenters. The molecule has 0 saturated heterocycles. The first-order valence-corrected chi connectivity index (χ1v) is 6.24. The molecule has 1 aliphatic heterocycles. The van der Waals surface area contributed by atoms with E-state index in [0.717, 1.165) is 6.54 Å². The van der Waals surface area contributed by atoms with Crippen LogP contribution in [0.15, 0.2) is 18.2 Å². The topological polar surface area (TPSA) is 15.3 Å². The molecule has 0 radical (unpaired) electrons. The van der Waals surface area contributed by atoms with Gasteiger partial charge in [0.2, 0.25) is 0 Å². The minimum Gasteiger partial charge on any atom is -0.374 e. The van der Waals surface area contributed by atoms with Crippen molar-refractivity contribution in [3.05, 3.63) is 29.3 Å². The highest BCUT2D eigenvalue weighted by atomic mass is 15.1. The Morgan fingerprint density at radius 2 is 2.19 bits per heavy atom. The Bertz CT molecular complexity index is 407. The van der Waals surface area contributed by atoms with Crippen LogP contribution in [-0.2, 0) is 11.8 Å². The molecule has 3 rings (SSSR count). The van der Waals surface area contributed by atoms with Gasteiger partial charge in [-0.2, -0.15) is 0 Å². The molecule has 16 heavy (non-hydrogen) atoms. The molecular formula is C14H20N2. The first-order chi connectivity index (χ1) is 7.75. The molecule has 1 aromatic rings. The molecular weight excluding hydrogens is 196 g/mol. The summed E-state index contributed by atoms with van der Waals surface area (Å²) in [5.74, 6) is 0. The Kier molecular flexibility index (Phi) is 2.21. The van der Waals surface area contributed by atoms with Gasteiger partial charge in [-0.1, -0.05) is 12.1 Å². The number of rotatable bonds is 3. The maximum atomic E-state index is 3.34. The van der Waals surface area contributed by atoms with Crippen molar-refractivity contribution in [3.63, 3.8) is 0 Å². The van der Waals surface area contributed by atoms with E-state index < -0.39 is 0 Å². The van der Waals surface area contributed by atoms with E-state index in [0.29, 0.717) is 5.41 Å². The van der Waals surface area contributed by atoms with Gasteiger partial charge < -0.3 is 10.2 Å². The lowest BCUT2D eigenvalue weighted by Crippen LogP contribution is -2.23. The van der Waals surface area contributed by atoms with Crippen LogP contribution in [0.2, 0.25) is 0 Å². The van der Waals surface area contributed by atoms with E-state index >= 15 is 0 Å². The van der Waals surface area contributed by atoms with Crippen LogP contribution in [0.1, 0.15) is 24.0 Å². The summed E-state index contributed by atoms with van der Waals surface area (Å²) in [6.07, 6.45) is 3.92. The van der Waals surface area contributed by atoms with E-state index in [1.54, 1.807) is 11.1 Å². The Balaban J connectivity index is 1.93. The Hall–Kier alpha value is -1.02. The monoisotopic (exact) mass is 216 g/mol. The second-order valence-electron chi connectivity index (χ2n) is 5.33. The number of anilines is 1. The minimum absolute atomic E-state index is 0.463. The quantitative estimate of drug-likeness (QED) is 0.830. The molecule has 1 aliphatic carbocycles. The molecule has 0 aromatic heterocycles. The van der Waals surface area contributed by atoms with Crippen LogP contribution in [0.4, 0.5) is 5.69 Å². The summed E-state index contributed by atoms with van der Waals surface area (Å²) in [6.45, 7) is 2.31. The third-order valence-electron chi connectivity index (χ3n) is 4.19. The number of hydrogen-bond donors (Lipinski definition) is 1. The summed E-state index contributed by atoms with van der Waals surface area (Å²) < 4.78 is 0. The van der Waals surface area contributed by atoms with Crippen molar-refractivity contribution < 1.29 is 0 Å². The van der Waals surface area contributed by atoms with Crippen LogP contribution < -0.4 is 10.2 Å². The Morgan fingerprint density at radius 1 is 1.38 bits per heavy atom. The van der Waals surface area contributed by atoms with E-state index in [4.69, 9.17) is 0 Å². The van der Waals surface area contributed by atoms with Crippen molar-refractivity contribution in [1.82, 2.24) is 5.32 Å². The van der Waals surface area contributed by atoms with Crippen molar-refractivity contribution >= 4 is 5.69 Å². The predicted molar refractivity (Wildman–Crippen MR) is 68.3 cm³/mol. The van der Waals surface area contributed by atoms with Gasteiger partial charge in [-0.25, -0.2) is 0 Å². The maximum absolute atomic E-state index is 3.34. The van der Waals surface area contributed by atoms with Crippen molar-refractivity contribution in [2.75, 3.05) is 32.1 Å². The van der Waals surface area contributed by atoms with Gasteiger partial charge >= 0.3 is 0 Å². The van der Waals surface area contributed by atoms with Crippen LogP contribution in [0.25, 0.3) is 0 Å². The number of benzene rings is 1. The number of hydrogen-bond acceptors (Lipinski definition) is 2. The fourth-order valence-corrected chi connectivity index (χ4v) is 2.95. The lowest BCUT2D eigenvalue weighted by molar-refractivity contribution is 0.624. The zero-order valence-corrected chi connectivity index (χ0v) is 10.2. The van der Waals surface area contributed by atoms with E-state index in [-0.39, 0.29) is 0 Å². The fourth-order valence-electron chi connectivity index (χ4n) is 2.95. The lowest BCUT2D eigenvalue weighted by atomic mass is 9.93. The summed E-state index contributed by atoms with van der Waals surface area (Å²) in [7, 11) is 4.24. The molecule has 1 aromatic carbocycles. The third kappa shape index (κ3) is 1.44. The van der Waals surface area contributed by atoms with Gasteiger partial charge in [-0.15, -0.1) is 0 Å². The third-order valence-corrected chi connectivity index (χ3v) is 4.19. The van der Waals surface area contributed by atoms with Gasteiger partial charge in [0.1, 0.15) is 0 Å². The van der Waals surface area contributed by atoms with E-state index in [1.165, 1.54) is 31.5 Å². The summed E-state index contributed by atoms with van der Waals surface area (Å²) >= 11 is 0. The van der Waals surface area contributed by atoms with Crippen molar-refractivity contribution in [2.24, 2.45) is 0 Å². The summed E-state index contributed by atoms with van der Waals surface area (Å²) in [5, 5.41) is 3.34. The first-order valence-electron chi connectivity index (χ1n) is 6.24. The van der Waals surface area contributed by atoms with Gasteiger partial charge in [0.05, 0.1) is 0 Å². The Morgan fingerprint density at radius 3 is 2.88 bits per heavy atom. The standard InChI is InChI=1S/C14H20N2/c1-15-10-14(6-7-14)12-3-4-13-11(9-12)5-8-16(13)2/h3-4,9,15H,5-8,10H2,1-2H3. The molecule has 86 valence electrons.